The maximum absolute atomic E-state index is 5.56. The van der Waals surface area contributed by atoms with Crippen LogP contribution in [-0.4, -0.2) is 50.2 Å². The molecule has 0 aliphatic heterocycles. The minimum Gasteiger partial charge on any atom is -0.406 e. The third-order valence-corrected chi connectivity index (χ3v) is 2.94. The predicted octanol–water partition coefficient (Wildman–Crippen LogP) is 1.99. The lowest BCUT2D eigenvalue weighted by Gasteiger charge is -2.07. The predicted molar refractivity (Wildman–Crippen MR) is 81.4 cm³/mol. The van der Waals surface area contributed by atoms with Gasteiger partial charge in [-0.3, -0.25) is 0 Å². The van der Waals surface area contributed by atoms with Crippen molar-refractivity contribution in [1.82, 2.24) is 15.5 Å². The van der Waals surface area contributed by atoms with Crippen LogP contribution in [0, 0.1) is 0 Å². The molecule has 1 atom stereocenters. The van der Waals surface area contributed by atoms with Gasteiger partial charge in [-0.15, -0.1) is 5.10 Å². The SMILES string of the molecule is CCCNC(C)c1nnc(NCCCCOCCOC)o1. The number of anilines is 1. The van der Waals surface area contributed by atoms with Crippen molar-refractivity contribution in [2.45, 2.75) is 39.2 Å². The van der Waals surface area contributed by atoms with Gasteiger partial charge in [0, 0.05) is 20.3 Å². The van der Waals surface area contributed by atoms with Gasteiger partial charge in [0.1, 0.15) is 0 Å². The summed E-state index contributed by atoms with van der Waals surface area (Å²) in [4.78, 5) is 0. The summed E-state index contributed by atoms with van der Waals surface area (Å²) in [6.07, 6.45) is 3.07. The Morgan fingerprint density at radius 3 is 2.76 bits per heavy atom. The second-order valence-corrected chi connectivity index (χ2v) is 4.86. The summed E-state index contributed by atoms with van der Waals surface area (Å²) in [7, 11) is 1.67. The first kappa shape index (κ1) is 17.9. The van der Waals surface area contributed by atoms with Crippen molar-refractivity contribution in [2.24, 2.45) is 0 Å². The molecule has 0 bridgehead atoms. The number of nitrogens with one attached hydrogen (secondary N) is 2. The summed E-state index contributed by atoms with van der Waals surface area (Å²) in [5.74, 6) is 0.619. The lowest BCUT2D eigenvalue weighted by Crippen LogP contribution is -2.19. The second kappa shape index (κ2) is 11.5. The van der Waals surface area contributed by atoms with Gasteiger partial charge in [0.15, 0.2) is 0 Å². The number of ether oxygens (including phenoxy) is 2. The number of unbranched alkanes of at least 4 members (excludes halogenated alkanes) is 1. The number of hydrogen-bond acceptors (Lipinski definition) is 7. The van der Waals surface area contributed by atoms with E-state index in [1.165, 1.54) is 0 Å². The first-order valence-electron chi connectivity index (χ1n) is 7.65. The van der Waals surface area contributed by atoms with Gasteiger partial charge >= 0.3 is 6.01 Å². The largest absolute Gasteiger partial charge is 0.406 e. The lowest BCUT2D eigenvalue weighted by molar-refractivity contribution is 0.0691. The molecule has 0 amide bonds. The third kappa shape index (κ3) is 7.99. The van der Waals surface area contributed by atoms with Crippen molar-refractivity contribution < 1.29 is 13.9 Å². The first-order valence-corrected chi connectivity index (χ1v) is 7.65. The Morgan fingerprint density at radius 2 is 2.00 bits per heavy atom. The zero-order valence-electron chi connectivity index (χ0n) is 13.4. The van der Waals surface area contributed by atoms with Crippen LogP contribution in [0.1, 0.15) is 45.0 Å². The molecule has 7 heteroatoms. The molecule has 0 radical (unpaired) electrons. The highest BCUT2D eigenvalue weighted by molar-refractivity contribution is 5.16. The molecule has 21 heavy (non-hydrogen) atoms. The summed E-state index contributed by atoms with van der Waals surface area (Å²) >= 11 is 0. The van der Waals surface area contributed by atoms with E-state index in [4.69, 9.17) is 13.9 Å². The van der Waals surface area contributed by atoms with Gasteiger partial charge in [-0.1, -0.05) is 12.0 Å². The fraction of sp³-hybridized carbons (Fsp3) is 0.857. The molecule has 0 aliphatic carbocycles. The molecule has 0 aliphatic rings. The molecule has 0 spiro atoms. The van der Waals surface area contributed by atoms with Gasteiger partial charge in [0.05, 0.1) is 19.3 Å². The highest BCUT2D eigenvalue weighted by Gasteiger charge is 2.12. The minimum atomic E-state index is 0.0854. The van der Waals surface area contributed by atoms with Crippen LogP contribution < -0.4 is 10.6 Å². The molecular weight excluding hydrogens is 272 g/mol. The number of rotatable bonds is 13. The van der Waals surface area contributed by atoms with E-state index < -0.39 is 0 Å². The summed E-state index contributed by atoms with van der Waals surface area (Å²) in [5, 5.41) is 14.5. The smallest absolute Gasteiger partial charge is 0.315 e. The van der Waals surface area contributed by atoms with Crippen LogP contribution in [-0.2, 0) is 9.47 Å². The average Bonchev–Trinajstić information content (AvgIpc) is 2.96. The average molecular weight is 300 g/mol. The van der Waals surface area contributed by atoms with Crippen molar-refractivity contribution in [2.75, 3.05) is 45.3 Å². The molecular formula is C14H28N4O3. The van der Waals surface area contributed by atoms with Crippen molar-refractivity contribution in [3.63, 3.8) is 0 Å². The van der Waals surface area contributed by atoms with E-state index in [-0.39, 0.29) is 6.04 Å². The highest BCUT2D eigenvalue weighted by atomic mass is 16.5. The highest BCUT2D eigenvalue weighted by Crippen LogP contribution is 2.13. The standard InChI is InChI=1S/C14H28N4O3/c1-4-7-15-12(2)13-17-18-14(21-13)16-8-5-6-9-20-11-10-19-3/h12,15H,4-11H2,1-3H3,(H,16,18). The molecule has 0 saturated carbocycles. The molecule has 0 saturated heterocycles. The normalized spacial score (nSPS) is 12.5. The minimum absolute atomic E-state index is 0.0854. The molecule has 0 fully saturated rings. The maximum Gasteiger partial charge on any atom is 0.315 e. The van der Waals surface area contributed by atoms with Crippen LogP contribution in [0.2, 0.25) is 0 Å². The van der Waals surface area contributed by atoms with E-state index in [2.05, 4.69) is 27.8 Å². The van der Waals surface area contributed by atoms with Gasteiger partial charge in [-0.2, -0.15) is 0 Å². The lowest BCUT2D eigenvalue weighted by atomic mass is 10.3. The van der Waals surface area contributed by atoms with Crippen LogP contribution in [0.3, 0.4) is 0 Å². The van der Waals surface area contributed by atoms with Crippen LogP contribution >= 0.6 is 0 Å². The Kier molecular flexibility index (Phi) is 9.77. The van der Waals surface area contributed by atoms with Crippen LogP contribution in [0.5, 0.6) is 0 Å². The number of aromatic nitrogens is 2. The van der Waals surface area contributed by atoms with Crippen molar-refractivity contribution in [1.29, 1.82) is 0 Å². The molecule has 1 heterocycles. The summed E-state index contributed by atoms with van der Waals surface area (Å²) in [6.45, 7) is 7.93. The summed E-state index contributed by atoms with van der Waals surface area (Å²) in [6, 6.07) is 0.567. The van der Waals surface area contributed by atoms with Crippen LogP contribution in [0.15, 0.2) is 4.42 Å². The monoisotopic (exact) mass is 300 g/mol. The first-order chi connectivity index (χ1) is 10.3. The zero-order chi connectivity index (χ0) is 15.3. The van der Waals surface area contributed by atoms with Gasteiger partial charge in [0.2, 0.25) is 5.89 Å². The van der Waals surface area contributed by atoms with E-state index in [0.717, 1.165) is 39.0 Å². The molecule has 0 aromatic carbocycles. The Hall–Kier alpha value is -1.18. The van der Waals surface area contributed by atoms with Crippen molar-refractivity contribution in [3.05, 3.63) is 5.89 Å². The molecule has 7 nitrogen and oxygen atoms in total. The van der Waals surface area contributed by atoms with E-state index in [1.54, 1.807) is 7.11 Å². The molecule has 1 rings (SSSR count). The Morgan fingerprint density at radius 1 is 1.14 bits per heavy atom. The van der Waals surface area contributed by atoms with E-state index in [9.17, 15) is 0 Å². The third-order valence-electron chi connectivity index (χ3n) is 2.94. The Bertz CT molecular complexity index is 360. The molecule has 122 valence electrons. The molecule has 2 N–H and O–H groups in total. The summed E-state index contributed by atoms with van der Waals surface area (Å²) in [5.41, 5.74) is 0. The van der Waals surface area contributed by atoms with Crippen LogP contribution in [0.4, 0.5) is 6.01 Å². The van der Waals surface area contributed by atoms with Gasteiger partial charge < -0.3 is 24.5 Å². The molecule has 1 unspecified atom stereocenters. The van der Waals surface area contributed by atoms with Crippen molar-refractivity contribution in [3.8, 4) is 0 Å². The Balaban J connectivity index is 2.09. The zero-order valence-corrected chi connectivity index (χ0v) is 13.4. The topological polar surface area (TPSA) is 81.4 Å². The van der Waals surface area contributed by atoms with E-state index in [1.807, 2.05) is 6.92 Å². The fourth-order valence-corrected chi connectivity index (χ4v) is 1.70. The van der Waals surface area contributed by atoms with Gasteiger partial charge in [-0.25, -0.2) is 0 Å². The number of hydrogen-bond donors (Lipinski definition) is 2. The quantitative estimate of drug-likeness (QED) is 0.539. The fourth-order valence-electron chi connectivity index (χ4n) is 1.70. The van der Waals surface area contributed by atoms with Crippen molar-refractivity contribution >= 4 is 6.01 Å². The van der Waals surface area contributed by atoms with Crippen LogP contribution in [0.25, 0.3) is 0 Å². The number of nitrogens with zero attached hydrogens (tertiary/aromatic N) is 2. The number of methoxy groups -OCH3 is 1. The summed E-state index contributed by atoms with van der Waals surface area (Å²) < 4.78 is 15.8. The van der Waals surface area contributed by atoms with E-state index in [0.29, 0.717) is 25.1 Å². The Labute approximate surface area is 126 Å². The van der Waals surface area contributed by atoms with E-state index >= 15 is 0 Å². The van der Waals surface area contributed by atoms with Gasteiger partial charge in [0.25, 0.3) is 0 Å². The maximum atomic E-state index is 5.56. The second-order valence-electron chi connectivity index (χ2n) is 4.86. The molecule has 1 aromatic heterocycles. The van der Waals surface area contributed by atoms with Gasteiger partial charge in [-0.05, 0) is 32.7 Å². The molecule has 1 aromatic rings.